The molecule has 0 N–H and O–H groups in total. The van der Waals surface area contributed by atoms with Crippen LogP contribution in [0.3, 0.4) is 0 Å². The van der Waals surface area contributed by atoms with E-state index in [1.54, 1.807) is 30.0 Å². The van der Waals surface area contributed by atoms with Crippen LogP contribution in [0, 0.1) is 21.4 Å². The molecule has 0 spiro atoms. The predicted octanol–water partition coefficient (Wildman–Crippen LogP) is 5.81. The third-order valence-corrected chi connectivity index (χ3v) is 4.78. The minimum absolute atomic E-state index is 0.0319. The van der Waals surface area contributed by atoms with Crippen LogP contribution in [-0.2, 0) is 0 Å². The van der Waals surface area contributed by atoms with Crippen LogP contribution in [0.15, 0.2) is 88.7 Å². The van der Waals surface area contributed by atoms with Crippen LogP contribution in [0.5, 0.6) is 0 Å². The fraction of sp³-hybridized carbons (Fsp3) is 0. The molecule has 3 aromatic carbocycles. The van der Waals surface area contributed by atoms with E-state index in [0.717, 1.165) is 15.4 Å². The van der Waals surface area contributed by atoms with Crippen molar-refractivity contribution < 1.29 is 4.92 Å². The van der Waals surface area contributed by atoms with E-state index >= 15 is 0 Å². The first-order chi connectivity index (χ1) is 12.7. The van der Waals surface area contributed by atoms with Crippen LogP contribution in [0.4, 0.5) is 5.69 Å². The van der Waals surface area contributed by atoms with E-state index in [1.165, 1.54) is 12.1 Å². The van der Waals surface area contributed by atoms with Crippen LogP contribution in [-0.4, -0.2) is 4.92 Å². The first-order valence-corrected chi connectivity index (χ1v) is 8.67. The van der Waals surface area contributed by atoms with E-state index in [4.69, 9.17) is 0 Å². The molecule has 3 rings (SSSR count). The first kappa shape index (κ1) is 17.5. The topological polar surface area (TPSA) is 66.9 Å². The summed E-state index contributed by atoms with van der Waals surface area (Å²) >= 11 is 1.61. The molecule has 0 unspecified atom stereocenters. The summed E-state index contributed by atoms with van der Waals surface area (Å²) in [5.74, 6) is 0. The number of hydrogen-bond donors (Lipinski definition) is 0. The quantitative estimate of drug-likeness (QED) is 0.250. The summed E-state index contributed by atoms with van der Waals surface area (Å²) in [6.07, 6.45) is 1.77. The van der Waals surface area contributed by atoms with Crippen molar-refractivity contribution in [2.45, 2.75) is 9.79 Å². The number of nitriles is 1. The van der Waals surface area contributed by atoms with Gasteiger partial charge in [-0.2, -0.15) is 5.26 Å². The Hall–Kier alpha value is -3.36. The zero-order chi connectivity index (χ0) is 18.4. The Morgan fingerprint density at radius 3 is 2.46 bits per heavy atom. The fourth-order valence-corrected chi connectivity index (χ4v) is 3.37. The van der Waals surface area contributed by atoms with Crippen LogP contribution >= 0.6 is 11.8 Å². The van der Waals surface area contributed by atoms with Crippen molar-refractivity contribution in [3.8, 4) is 6.07 Å². The van der Waals surface area contributed by atoms with Crippen LogP contribution in [0.2, 0.25) is 0 Å². The molecule has 0 aliphatic carbocycles. The van der Waals surface area contributed by atoms with Gasteiger partial charge < -0.3 is 0 Å². The number of hydrogen-bond acceptors (Lipinski definition) is 4. The summed E-state index contributed by atoms with van der Waals surface area (Å²) in [6.45, 7) is 0. The Labute approximate surface area is 155 Å². The molecule has 0 aromatic heterocycles. The Morgan fingerprint density at radius 1 is 1.00 bits per heavy atom. The summed E-state index contributed by atoms with van der Waals surface area (Å²) < 4.78 is 0. The Bertz CT molecular complexity index is 1010. The lowest BCUT2D eigenvalue weighted by atomic mass is 10.0. The van der Waals surface area contributed by atoms with Gasteiger partial charge in [0.1, 0.15) is 0 Å². The van der Waals surface area contributed by atoms with Gasteiger partial charge in [-0.15, -0.1) is 0 Å². The molecule has 26 heavy (non-hydrogen) atoms. The van der Waals surface area contributed by atoms with E-state index in [0.29, 0.717) is 11.1 Å². The van der Waals surface area contributed by atoms with Gasteiger partial charge in [-0.05, 0) is 35.4 Å². The second-order valence-electron chi connectivity index (χ2n) is 5.43. The van der Waals surface area contributed by atoms with Crippen molar-refractivity contribution in [2.75, 3.05) is 0 Å². The average Bonchev–Trinajstić information content (AvgIpc) is 2.68. The van der Waals surface area contributed by atoms with Crippen LogP contribution < -0.4 is 0 Å². The van der Waals surface area contributed by atoms with Crippen molar-refractivity contribution in [1.29, 1.82) is 5.26 Å². The first-order valence-electron chi connectivity index (χ1n) is 7.86. The fourth-order valence-electron chi connectivity index (χ4n) is 2.43. The maximum Gasteiger partial charge on any atom is 0.270 e. The van der Waals surface area contributed by atoms with Gasteiger partial charge in [0, 0.05) is 21.9 Å². The van der Waals surface area contributed by atoms with E-state index in [9.17, 15) is 15.4 Å². The molecule has 126 valence electrons. The molecule has 0 amide bonds. The molecule has 0 bridgehead atoms. The van der Waals surface area contributed by atoms with Crippen molar-refractivity contribution in [3.05, 3.63) is 100 Å². The second kappa shape index (κ2) is 8.15. The van der Waals surface area contributed by atoms with Gasteiger partial charge in [0.05, 0.1) is 16.6 Å². The van der Waals surface area contributed by atoms with Gasteiger partial charge in [-0.3, -0.25) is 10.1 Å². The lowest BCUT2D eigenvalue weighted by Crippen LogP contribution is -1.90. The number of rotatable bonds is 5. The van der Waals surface area contributed by atoms with Gasteiger partial charge >= 0.3 is 0 Å². The predicted molar refractivity (Wildman–Crippen MR) is 104 cm³/mol. The highest BCUT2D eigenvalue weighted by atomic mass is 32.2. The smallest absolute Gasteiger partial charge is 0.258 e. The summed E-state index contributed by atoms with van der Waals surface area (Å²) in [7, 11) is 0. The molecule has 0 atom stereocenters. The average molecular weight is 358 g/mol. The monoisotopic (exact) mass is 358 g/mol. The minimum Gasteiger partial charge on any atom is -0.258 e. The lowest BCUT2D eigenvalue weighted by Gasteiger charge is -2.07. The minimum atomic E-state index is -0.461. The standard InChI is InChI=1S/C21H14N2O2S/c22-15-18(16-8-6-9-19(14-16)23(24)25)13-17-7-4-5-12-21(17)26-20-10-2-1-3-11-20/h1-14H. The number of nitrogens with zero attached hydrogens (tertiary/aromatic N) is 2. The molecule has 4 nitrogen and oxygen atoms in total. The summed E-state index contributed by atoms with van der Waals surface area (Å²) in [5, 5.41) is 20.5. The van der Waals surface area contributed by atoms with E-state index in [1.807, 2.05) is 54.6 Å². The van der Waals surface area contributed by atoms with Crippen molar-refractivity contribution in [3.63, 3.8) is 0 Å². The Kier molecular flexibility index (Phi) is 5.47. The molecule has 0 radical (unpaired) electrons. The normalized spacial score (nSPS) is 11.0. The maximum absolute atomic E-state index is 11.0. The lowest BCUT2D eigenvalue weighted by molar-refractivity contribution is -0.384. The third-order valence-electron chi connectivity index (χ3n) is 3.68. The zero-order valence-electron chi connectivity index (χ0n) is 13.7. The number of nitro benzene ring substituents is 1. The zero-order valence-corrected chi connectivity index (χ0v) is 14.5. The largest absolute Gasteiger partial charge is 0.270 e. The van der Waals surface area contributed by atoms with Crippen molar-refractivity contribution >= 4 is 29.1 Å². The SMILES string of the molecule is N#CC(=Cc1ccccc1Sc1ccccc1)c1cccc([N+](=O)[O-])c1. The molecular weight excluding hydrogens is 344 g/mol. The van der Waals surface area contributed by atoms with Gasteiger partial charge in [-0.1, -0.05) is 60.3 Å². The second-order valence-corrected chi connectivity index (χ2v) is 6.55. The van der Waals surface area contributed by atoms with Crippen molar-refractivity contribution in [2.24, 2.45) is 0 Å². The van der Waals surface area contributed by atoms with Crippen LogP contribution in [0.1, 0.15) is 11.1 Å². The molecule has 0 aliphatic rings. The molecule has 5 heteroatoms. The van der Waals surface area contributed by atoms with E-state index < -0.39 is 4.92 Å². The number of benzene rings is 3. The number of nitro groups is 1. The molecular formula is C21H14N2O2S. The summed E-state index contributed by atoms with van der Waals surface area (Å²) in [5.41, 5.74) is 1.77. The highest BCUT2D eigenvalue weighted by molar-refractivity contribution is 7.99. The molecule has 0 saturated heterocycles. The van der Waals surface area contributed by atoms with Gasteiger partial charge in [0.25, 0.3) is 5.69 Å². The molecule has 3 aromatic rings. The summed E-state index contributed by atoms with van der Waals surface area (Å²) in [4.78, 5) is 12.6. The maximum atomic E-state index is 11.0. The van der Waals surface area contributed by atoms with Gasteiger partial charge in [-0.25, -0.2) is 0 Å². The highest BCUT2D eigenvalue weighted by Crippen LogP contribution is 2.32. The third kappa shape index (κ3) is 4.18. The Balaban J connectivity index is 1.99. The summed E-state index contributed by atoms with van der Waals surface area (Å²) in [6, 6.07) is 26.0. The highest BCUT2D eigenvalue weighted by Gasteiger charge is 2.10. The number of allylic oxidation sites excluding steroid dienone is 1. The Morgan fingerprint density at radius 2 is 1.73 bits per heavy atom. The molecule has 0 aliphatic heterocycles. The number of non-ortho nitro benzene ring substituents is 1. The molecule has 0 heterocycles. The van der Waals surface area contributed by atoms with E-state index in [-0.39, 0.29) is 5.69 Å². The van der Waals surface area contributed by atoms with Crippen molar-refractivity contribution in [1.82, 2.24) is 0 Å². The van der Waals surface area contributed by atoms with E-state index in [2.05, 4.69) is 6.07 Å². The van der Waals surface area contributed by atoms with Gasteiger partial charge in [0.2, 0.25) is 0 Å². The van der Waals surface area contributed by atoms with Gasteiger partial charge in [0.15, 0.2) is 0 Å². The van der Waals surface area contributed by atoms with Crippen LogP contribution in [0.25, 0.3) is 11.6 Å². The molecule has 0 saturated carbocycles. The molecule has 0 fully saturated rings.